The number of aliphatic hydroxyl groups excluding tert-OH is 1. The number of thiophene rings is 1. The number of nitrogens with one attached hydrogen (secondary N) is 1. The van der Waals surface area contributed by atoms with Crippen molar-refractivity contribution >= 4 is 17.2 Å². The molecule has 0 aromatic carbocycles. The second kappa shape index (κ2) is 6.55. The van der Waals surface area contributed by atoms with Crippen molar-refractivity contribution in [2.75, 3.05) is 19.8 Å². The van der Waals surface area contributed by atoms with Crippen LogP contribution in [0.5, 0.6) is 0 Å². The molecular formula is C13H15NO3S. The standard InChI is InChI=1S/C13H15NO3S/c15-7-1-4-11-5-6-12(18-11)13(16)14-9-10-3-2-8-17-10/h5-6,10,15H,2-3,7-9H2,(H,14,16). The number of ether oxygens (including phenoxy) is 1. The minimum Gasteiger partial charge on any atom is -0.384 e. The summed E-state index contributed by atoms with van der Waals surface area (Å²) in [6.07, 6.45) is 2.24. The Morgan fingerprint density at radius 2 is 2.50 bits per heavy atom. The molecule has 5 heteroatoms. The van der Waals surface area contributed by atoms with Crippen LogP contribution in [0.3, 0.4) is 0 Å². The summed E-state index contributed by atoms with van der Waals surface area (Å²) in [7, 11) is 0. The molecule has 0 bridgehead atoms. The van der Waals surface area contributed by atoms with Gasteiger partial charge in [0.25, 0.3) is 5.91 Å². The van der Waals surface area contributed by atoms with Crippen molar-refractivity contribution in [3.05, 3.63) is 21.9 Å². The number of carbonyl (C=O) groups excluding carboxylic acids is 1. The number of amides is 1. The summed E-state index contributed by atoms with van der Waals surface area (Å²) >= 11 is 1.33. The molecular weight excluding hydrogens is 250 g/mol. The van der Waals surface area contributed by atoms with Crippen LogP contribution in [0.2, 0.25) is 0 Å². The van der Waals surface area contributed by atoms with Crippen LogP contribution in [0.1, 0.15) is 27.4 Å². The zero-order chi connectivity index (χ0) is 12.8. The number of hydrogen-bond donors (Lipinski definition) is 2. The van der Waals surface area contributed by atoms with E-state index < -0.39 is 0 Å². The van der Waals surface area contributed by atoms with E-state index in [9.17, 15) is 4.79 Å². The van der Waals surface area contributed by atoms with Crippen molar-refractivity contribution in [3.8, 4) is 11.8 Å². The third-order valence-electron chi connectivity index (χ3n) is 2.63. The lowest BCUT2D eigenvalue weighted by atomic mass is 10.2. The minimum absolute atomic E-state index is 0.0902. The number of hydrogen-bond acceptors (Lipinski definition) is 4. The molecule has 1 fully saturated rings. The summed E-state index contributed by atoms with van der Waals surface area (Å²) in [4.78, 5) is 13.3. The first-order chi connectivity index (χ1) is 8.79. The van der Waals surface area contributed by atoms with Crippen molar-refractivity contribution < 1.29 is 14.6 Å². The molecule has 0 spiro atoms. The highest BCUT2D eigenvalue weighted by Crippen LogP contribution is 2.16. The molecule has 1 aromatic rings. The van der Waals surface area contributed by atoms with E-state index in [0.717, 1.165) is 24.3 Å². The summed E-state index contributed by atoms with van der Waals surface area (Å²) in [5.74, 6) is 5.25. The Balaban J connectivity index is 1.86. The molecule has 1 unspecified atom stereocenters. The maximum atomic E-state index is 11.8. The Hall–Kier alpha value is -1.35. The van der Waals surface area contributed by atoms with Crippen LogP contribution in [-0.2, 0) is 4.74 Å². The zero-order valence-corrected chi connectivity index (χ0v) is 10.8. The molecule has 0 saturated carbocycles. The minimum atomic E-state index is -0.168. The highest BCUT2D eigenvalue weighted by molar-refractivity contribution is 7.14. The van der Waals surface area contributed by atoms with Gasteiger partial charge >= 0.3 is 0 Å². The highest BCUT2D eigenvalue weighted by atomic mass is 32.1. The first-order valence-corrected chi connectivity index (χ1v) is 6.70. The molecule has 2 heterocycles. The van der Waals surface area contributed by atoms with E-state index in [1.54, 1.807) is 12.1 Å². The molecule has 96 valence electrons. The Morgan fingerprint density at radius 3 is 3.22 bits per heavy atom. The van der Waals surface area contributed by atoms with Crippen molar-refractivity contribution in [3.63, 3.8) is 0 Å². The molecule has 1 atom stereocenters. The molecule has 1 saturated heterocycles. The van der Waals surface area contributed by atoms with Gasteiger partial charge in [-0.1, -0.05) is 11.8 Å². The van der Waals surface area contributed by atoms with E-state index in [0.29, 0.717) is 11.4 Å². The summed E-state index contributed by atoms with van der Waals surface area (Å²) in [5.41, 5.74) is 0. The average molecular weight is 265 g/mol. The van der Waals surface area contributed by atoms with Crippen LogP contribution in [0, 0.1) is 11.8 Å². The fourth-order valence-electron chi connectivity index (χ4n) is 1.75. The molecule has 18 heavy (non-hydrogen) atoms. The molecule has 1 aromatic heterocycles. The van der Waals surface area contributed by atoms with E-state index in [1.807, 2.05) is 0 Å². The summed E-state index contributed by atoms with van der Waals surface area (Å²) in [5, 5.41) is 11.4. The van der Waals surface area contributed by atoms with Gasteiger partial charge in [0.2, 0.25) is 0 Å². The third-order valence-corrected chi connectivity index (χ3v) is 3.63. The number of carbonyl (C=O) groups is 1. The Kier molecular flexibility index (Phi) is 4.76. The van der Waals surface area contributed by atoms with E-state index in [1.165, 1.54) is 11.3 Å². The Labute approximate surface area is 110 Å². The van der Waals surface area contributed by atoms with Gasteiger partial charge in [-0.05, 0) is 25.0 Å². The summed E-state index contributed by atoms with van der Waals surface area (Å²) in [6, 6.07) is 3.53. The van der Waals surface area contributed by atoms with Gasteiger partial charge in [-0.15, -0.1) is 11.3 Å². The SMILES string of the molecule is O=C(NCC1CCCO1)c1ccc(C#CCO)s1. The molecule has 4 nitrogen and oxygen atoms in total. The normalized spacial score (nSPS) is 18.2. The predicted molar refractivity (Wildman–Crippen MR) is 69.6 cm³/mol. The van der Waals surface area contributed by atoms with Gasteiger partial charge in [-0.2, -0.15) is 0 Å². The topological polar surface area (TPSA) is 58.6 Å². The first kappa shape index (κ1) is 13.1. The lowest BCUT2D eigenvalue weighted by Crippen LogP contribution is -2.31. The summed E-state index contributed by atoms with van der Waals surface area (Å²) in [6.45, 7) is 1.19. The fraction of sp³-hybridized carbons (Fsp3) is 0.462. The van der Waals surface area contributed by atoms with E-state index >= 15 is 0 Å². The van der Waals surface area contributed by atoms with Gasteiger partial charge in [0, 0.05) is 13.2 Å². The van der Waals surface area contributed by atoms with Crippen LogP contribution in [-0.4, -0.2) is 36.9 Å². The average Bonchev–Trinajstić information content (AvgIpc) is 3.04. The second-order valence-electron chi connectivity index (χ2n) is 3.97. The first-order valence-electron chi connectivity index (χ1n) is 5.89. The van der Waals surface area contributed by atoms with Gasteiger partial charge in [-0.25, -0.2) is 0 Å². The van der Waals surface area contributed by atoms with Crippen molar-refractivity contribution in [2.45, 2.75) is 18.9 Å². The Bertz CT molecular complexity index is 466. The van der Waals surface area contributed by atoms with Crippen molar-refractivity contribution in [1.82, 2.24) is 5.32 Å². The van der Waals surface area contributed by atoms with Crippen LogP contribution in [0.4, 0.5) is 0 Å². The third kappa shape index (κ3) is 3.57. The Morgan fingerprint density at radius 1 is 1.61 bits per heavy atom. The lowest BCUT2D eigenvalue weighted by molar-refractivity contribution is 0.0861. The quantitative estimate of drug-likeness (QED) is 0.802. The van der Waals surface area contributed by atoms with Gasteiger partial charge in [-0.3, -0.25) is 4.79 Å². The summed E-state index contributed by atoms with van der Waals surface area (Å²) < 4.78 is 5.44. The molecule has 2 rings (SSSR count). The molecule has 0 aliphatic carbocycles. The molecule has 2 N–H and O–H groups in total. The molecule has 1 amide bonds. The number of rotatable bonds is 3. The fourth-order valence-corrected chi connectivity index (χ4v) is 2.55. The van der Waals surface area contributed by atoms with E-state index in [-0.39, 0.29) is 18.6 Å². The molecule has 1 aliphatic rings. The van der Waals surface area contributed by atoms with Gasteiger partial charge in [0.1, 0.15) is 6.61 Å². The van der Waals surface area contributed by atoms with Gasteiger partial charge in [0.15, 0.2) is 0 Å². The monoisotopic (exact) mass is 265 g/mol. The predicted octanol–water partition coefficient (Wildman–Crippen LogP) is 1.00. The maximum Gasteiger partial charge on any atom is 0.261 e. The van der Waals surface area contributed by atoms with Gasteiger partial charge < -0.3 is 15.2 Å². The molecule has 1 aliphatic heterocycles. The second-order valence-corrected chi connectivity index (χ2v) is 5.05. The largest absolute Gasteiger partial charge is 0.384 e. The smallest absolute Gasteiger partial charge is 0.261 e. The van der Waals surface area contributed by atoms with Crippen LogP contribution < -0.4 is 5.32 Å². The van der Waals surface area contributed by atoms with Crippen LogP contribution in [0.15, 0.2) is 12.1 Å². The maximum absolute atomic E-state index is 11.8. The van der Waals surface area contributed by atoms with E-state index in [4.69, 9.17) is 9.84 Å². The number of aliphatic hydroxyl groups is 1. The van der Waals surface area contributed by atoms with Crippen molar-refractivity contribution in [2.24, 2.45) is 0 Å². The highest BCUT2D eigenvalue weighted by Gasteiger charge is 2.17. The zero-order valence-electron chi connectivity index (χ0n) is 9.94. The van der Waals surface area contributed by atoms with E-state index in [2.05, 4.69) is 17.2 Å². The van der Waals surface area contributed by atoms with Crippen LogP contribution >= 0.6 is 11.3 Å². The van der Waals surface area contributed by atoms with Crippen molar-refractivity contribution in [1.29, 1.82) is 0 Å². The van der Waals surface area contributed by atoms with Gasteiger partial charge in [0.05, 0.1) is 15.9 Å². The van der Waals surface area contributed by atoms with Crippen LogP contribution in [0.25, 0.3) is 0 Å². The molecule has 0 radical (unpaired) electrons. The lowest BCUT2D eigenvalue weighted by Gasteiger charge is -2.09.